The Morgan fingerprint density at radius 3 is 2.31 bits per heavy atom. The fraction of sp³-hybridized carbons (Fsp3) is 0.364. The normalized spacial score (nSPS) is 25.4. The molecule has 0 spiro atoms. The predicted molar refractivity (Wildman–Crippen MR) is 112 cm³/mol. The van der Waals surface area contributed by atoms with Gasteiger partial charge in [-0.2, -0.15) is 0 Å². The van der Waals surface area contributed by atoms with Gasteiger partial charge in [-0.3, -0.25) is 4.79 Å². The van der Waals surface area contributed by atoms with Crippen LogP contribution in [0.2, 0.25) is 0 Å². The minimum atomic E-state index is -2.22. The Kier molecular flexibility index (Phi) is 6.82. The summed E-state index contributed by atoms with van der Waals surface area (Å²) in [5.74, 6) is -1.96. The smallest absolute Gasteiger partial charge is 0.339 e. The Labute approximate surface area is 183 Å². The first-order valence-electron chi connectivity index (χ1n) is 9.78. The van der Waals surface area contributed by atoms with Gasteiger partial charge < -0.3 is 40.3 Å². The highest BCUT2D eigenvalue weighted by molar-refractivity contribution is 6.01. The van der Waals surface area contributed by atoms with Gasteiger partial charge in [0, 0.05) is 12.8 Å². The molecule has 1 aliphatic carbocycles. The number of methoxy groups -OCH3 is 1. The fourth-order valence-electron chi connectivity index (χ4n) is 3.70. The summed E-state index contributed by atoms with van der Waals surface area (Å²) in [5.41, 5.74) is -0.419. The van der Waals surface area contributed by atoms with E-state index in [9.17, 15) is 35.1 Å². The molecule has 0 radical (unpaired) electrons. The zero-order valence-corrected chi connectivity index (χ0v) is 17.4. The third-order valence-electron chi connectivity index (χ3n) is 5.57. The first kappa shape index (κ1) is 23.6. The maximum atomic E-state index is 12.1. The van der Waals surface area contributed by atoms with Gasteiger partial charge >= 0.3 is 5.97 Å². The van der Waals surface area contributed by atoms with Crippen LogP contribution in [0.1, 0.15) is 17.3 Å². The molecule has 1 fully saturated rings. The van der Waals surface area contributed by atoms with Crippen LogP contribution in [-0.4, -0.2) is 75.2 Å². The maximum absolute atomic E-state index is 12.1. The predicted octanol–water partition coefficient (Wildman–Crippen LogP) is -0.129. The first-order chi connectivity index (χ1) is 15.1. The van der Waals surface area contributed by atoms with Gasteiger partial charge in [-0.1, -0.05) is 18.2 Å². The van der Waals surface area contributed by atoms with E-state index in [-0.39, 0.29) is 17.2 Å². The van der Waals surface area contributed by atoms with Crippen molar-refractivity contribution < 1.29 is 44.6 Å². The number of hydrogen-bond acceptors (Lipinski definition) is 9. The summed E-state index contributed by atoms with van der Waals surface area (Å²) in [6.07, 6.45) is -4.95. The second-order valence-electron chi connectivity index (χ2n) is 7.54. The highest BCUT2D eigenvalue weighted by Crippen LogP contribution is 2.42. The second-order valence-corrected chi connectivity index (χ2v) is 7.54. The largest absolute Gasteiger partial charge is 0.465 e. The van der Waals surface area contributed by atoms with Crippen molar-refractivity contribution in [3.8, 4) is 16.9 Å². The van der Waals surface area contributed by atoms with Gasteiger partial charge in [0.25, 0.3) is 0 Å². The van der Waals surface area contributed by atoms with E-state index in [1.54, 1.807) is 30.3 Å². The lowest BCUT2D eigenvalue weighted by Gasteiger charge is -2.53. The number of amides is 1. The average Bonchev–Trinajstić information content (AvgIpc) is 2.78. The minimum Gasteiger partial charge on any atom is -0.465 e. The van der Waals surface area contributed by atoms with Crippen LogP contribution in [0.5, 0.6) is 5.75 Å². The molecule has 0 bridgehead atoms. The number of rotatable bonds is 7. The van der Waals surface area contributed by atoms with Crippen LogP contribution >= 0.6 is 0 Å². The van der Waals surface area contributed by atoms with Gasteiger partial charge in [-0.25, -0.2) is 4.79 Å². The molecule has 5 atom stereocenters. The van der Waals surface area contributed by atoms with Crippen LogP contribution in [0.3, 0.4) is 0 Å². The topological polar surface area (TPSA) is 166 Å². The van der Waals surface area contributed by atoms with Gasteiger partial charge in [0.15, 0.2) is 5.60 Å². The minimum absolute atomic E-state index is 0.156. The molecule has 6 N–H and O–H groups in total. The number of nitrogens with one attached hydrogen (secondary N) is 1. The summed E-state index contributed by atoms with van der Waals surface area (Å²) in [7, 11) is 1.23. The van der Waals surface area contributed by atoms with Crippen LogP contribution < -0.4 is 10.1 Å². The molecule has 0 aliphatic heterocycles. The van der Waals surface area contributed by atoms with Crippen molar-refractivity contribution in [3.05, 3.63) is 48.0 Å². The molecule has 5 unspecified atom stereocenters. The van der Waals surface area contributed by atoms with E-state index >= 15 is 0 Å². The molecule has 10 nitrogen and oxygen atoms in total. The zero-order chi connectivity index (χ0) is 23.6. The zero-order valence-electron chi connectivity index (χ0n) is 17.4. The summed E-state index contributed by atoms with van der Waals surface area (Å²) >= 11 is 0. The number of aliphatic hydroxyl groups excluding tert-OH is 4. The van der Waals surface area contributed by atoms with Gasteiger partial charge in [0.05, 0.1) is 31.1 Å². The van der Waals surface area contributed by atoms with E-state index in [1.807, 2.05) is 0 Å². The van der Waals surface area contributed by atoms with Crippen molar-refractivity contribution in [1.29, 1.82) is 0 Å². The Bertz CT molecular complexity index is 993. The summed E-state index contributed by atoms with van der Waals surface area (Å²) in [5, 5.41) is 52.0. The van der Waals surface area contributed by atoms with Gasteiger partial charge in [0.1, 0.15) is 11.9 Å². The van der Waals surface area contributed by atoms with Crippen LogP contribution in [0.25, 0.3) is 11.1 Å². The number of benzene rings is 2. The SMILES string of the molecule is COC(=O)c1cc(-c2ccc(OC(O)C3(O)C(O)C(O)C3CO)cc2)ccc1NC(C)=O. The molecule has 2 aromatic rings. The number of hydrogen-bond donors (Lipinski definition) is 6. The quantitative estimate of drug-likeness (QED) is 0.250. The van der Waals surface area contributed by atoms with E-state index in [4.69, 9.17) is 9.47 Å². The lowest BCUT2D eigenvalue weighted by Crippen LogP contribution is -2.76. The molecule has 10 heteroatoms. The van der Waals surface area contributed by atoms with Crippen molar-refractivity contribution in [3.63, 3.8) is 0 Å². The fourth-order valence-corrected chi connectivity index (χ4v) is 3.70. The van der Waals surface area contributed by atoms with Crippen LogP contribution in [-0.2, 0) is 9.53 Å². The molecule has 172 valence electrons. The molecular formula is C22H25NO9. The number of esters is 1. The molecule has 0 aromatic heterocycles. The highest BCUT2D eigenvalue weighted by Gasteiger charge is 2.65. The molecule has 3 rings (SSSR count). The van der Waals surface area contributed by atoms with E-state index in [1.165, 1.54) is 26.2 Å². The molecule has 0 heterocycles. The molecule has 0 saturated heterocycles. The van der Waals surface area contributed by atoms with Crippen molar-refractivity contribution in [2.75, 3.05) is 19.0 Å². The number of carbonyl (C=O) groups is 2. The van der Waals surface area contributed by atoms with Crippen LogP contribution in [0.15, 0.2) is 42.5 Å². The van der Waals surface area contributed by atoms with Crippen molar-refractivity contribution in [2.24, 2.45) is 5.92 Å². The molecule has 32 heavy (non-hydrogen) atoms. The first-order valence-corrected chi connectivity index (χ1v) is 9.78. The monoisotopic (exact) mass is 447 g/mol. The lowest BCUT2D eigenvalue weighted by molar-refractivity contribution is -0.332. The second kappa shape index (κ2) is 9.23. The Hall–Kier alpha value is -3.02. The van der Waals surface area contributed by atoms with Gasteiger partial charge in [-0.05, 0) is 35.4 Å². The maximum Gasteiger partial charge on any atom is 0.339 e. The van der Waals surface area contributed by atoms with Crippen molar-refractivity contribution in [2.45, 2.75) is 31.0 Å². The van der Waals surface area contributed by atoms with Crippen LogP contribution in [0, 0.1) is 5.92 Å². The van der Waals surface area contributed by atoms with Crippen molar-refractivity contribution >= 4 is 17.6 Å². The lowest BCUT2D eigenvalue weighted by atomic mass is 9.64. The van der Waals surface area contributed by atoms with Gasteiger partial charge in [-0.15, -0.1) is 0 Å². The van der Waals surface area contributed by atoms with Crippen LogP contribution in [0.4, 0.5) is 5.69 Å². The Morgan fingerprint density at radius 2 is 1.75 bits per heavy atom. The third kappa shape index (κ3) is 4.18. The summed E-state index contributed by atoms with van der Waals surface area (Å²) in [6.45, 7) is 0.676. The third-order valence-corrected chi connectivity index (χ3v) is 5.57. The number of carbonyl (C=O) groups excluding carboxylic acids is 2. The Morgan fingerprint density at radius 1 is 1.12 bits per heavy atom. The highest BCUT2D eigenvalue weighted by atomic mass is 16.6. The van der Waals surface area contributed by atoms with E-state index in [2.05, 4.69) is 5.32 Å². The van der Waals surface area contributed by atoms with Gasteiger partial charge in [0.2, 0.25) is 12.2 Å². The number of anilines is 1. The standard InChI is InChI=1S/C22H25NO9/c1-11(25)23-17-8-5-13(9-15(17)20(28)31-2)12-3-6-14(7-4-12)32-21(29)22(30)16(10-24)18(26)19(22)27/h3-9,16,18-19,21,24,26-27,29-30H,10H2,1-2H3,(H,23,25). The average molecular weight is 447 g/mol. The summed E-state index contributed by atoms with van der Waals surface area (Å²) in [4.78, 5) is 23.5. The molecule has 1 saturated carbocycles. The van der Waals surface area contributed by atoms with E-state index in [0.717, 1.165) is 0 Å². The number of ether oxygens (including phenoxy) is 2. The van der Waals surface area contributed by atoms with E-state index in [0.29, 0.717) is 16.8 Å². The van der Waals surface area contributed by atoms with E-state index < -0.39 is 42.6 Å². The Balaban J connectivity index is 1.80. The molecular weight excluding hydrogens is 422 g/mol. The molecule has 2 aromatic carbocycles. The van der Waals surface area contributed by atoms with Crippen molar-refractivity contribution in [1.82, 2.24) is 0 Å². The number of aliphatic hydroxyl groups is 5. The summed E-state index contributed by atoms with van der Waals surface area (Å²) in [6, 6.07) is 11.1. The molecule has 1 aliphatic rings. The summed E-state index contributed by atoms with van der Waals surface area (Å²) < 4.78 is 10.1. The molecule has 1 amide bonds.